The second-order valence-electron chi connectivity index (χ2n) is 7.06. The van der Waals surface area contributed by atoms with Crippen LogP contribution in [-0.2, 0) is 4.79 Å². The van der Waals surface area contributed by atoms with Crippen molar-refractivity contribution in [2.45, 2.75) is 64.8 Å². The Balaban J connectivity index is 1.80. The van der Waals surface area contributed by atoms with Crippen LogP contribution in [0.2, 0.25) is 0 Å². The number of nitrogens with zero attached hydrogens (tertiary/aromatic N) is 1. The minimum atomic E-state index is -0.362. The first-order valence-electron chi connectivity index (χ1n) is 8.87. The van der Waals surface area contributed by atoms with Gasteiger partial charge in [0.25, 0.3) is 0 Å². The molecule has 0 bridgehead atoms. The zero-order chi connectivity index (χ0) is 15.3. The first-order valence-corrected chi connectivity index (χ1v) is 8.87. The lowest BCUT2D eigenvalue weighted by molar-refractivity contribution is -0.131. The maximum absolute atomic E-state index is 12.6. The number of likely N-dealkylation sites (tertiary alicyclic amines) is 1. The largest absolute Gasteiger partial charge is 0.352 e. The number of hydrogen-bond donors (Lipinski definition) is 2. The number of nitrogens with one attached hydrogen (secondary N) is 1. The first-order chi connectivity index (χ1) is 10.1. The van der Waals surface area contributed by atoms with E-state index >= 15 is 0 Å². The van der Waals surface area contributed by atoms with Gasteiger partial charge in [-0.15, -0.1) is 0 Å². The minimum Gasteiger partial charge on any atom is -0.352 e. The van der Waals surface area contributed by atoms with E-state index in [9.17, 15) is 4.79 Å². The van der Waals surface area contributed by atoms with Crippen LogP contribution < -0.4 is 11.1 Å². The third kappa shape index (κ3) is 3.98. The van der Waals surface area contributed by atoms with E-state index in [-0.39, 0.29) is 11.3 Å². The molecule has 1 atom stereocenters. The van der Waals surface area contributed by atoms with Gasteiger partial charge in [0.05, 0.1) is 5.41 Å². The van der Waals surface area contributed by atoms with Gasteiger partial charge < -0.3 is 16.0 Å². The molecule has 4 heteroatoms. The predicted octanol–water partition coefficient (Wildman–Crippen LogP) is 2.13. The maximum Gasteiger partial charge on any atom is 0.227 e. The van der Waals surface area contributed by atoms with E-state index in [0.29, 0.717) is 12.6 Å². The number of carbonyl (C=O) groups excluding carboxylic acids is 1. The summed E-state index contributed by atoms with van der Waals surface area (Å²) in [5.74, 6) is 1.07. The van der Waals surface area contributed by atoms with E-state index in [1.807, 2.05) is 0 Å². The molecule has 0 radical (unpaired) electrons. The Bertz CT molecular complexity index is 327. The van der Waals surface area contributed by atoms with Gasteiger partial charge in [-0.1, -0.05) is 26.7 Å². The maximum atomic E-state index is 12.6. The molecule has 2 aliphatic rings. The van der Waals surface area contributed by atoms with E-state index in [4.69, 9.17) is 5.73 Å². The van der Waals surface area contributed by atoms with Crippen molar-refractivity contribution in [3.05, 3.63) is 0 Å². The lowest BCUT2D eigenvalue weighted by atomic mass is 9.81. The van der Waals surface area contributed by atoms with Crippen LogP contribution in [-0.4, -0.2) is 43.0 Å². The predicted molar refractivity (Wildman–Crippen MR) is 87.0 cm³/mol. The summed E-state index contributed by atoms with van der Waals surface area (Å²) in [7, 11) is 0. The summed E-state index contributed by atoms with van der Waals surface area (Å²) in [5, 5.41) is 3.27. The highest BCUT2D eigenvalue weighted by molar-refractivity contribution is 5.83. The summed E-state index contributed by atoms with van der Waals surface area (Å²) < 4.78 is 0. The second kappa shape index (κ2) is 7.59. The Morgan fingerprint density at radius 2 is 1.90 bits per heavy atom. The van der Waals surface area contributed by atoms with Gasteiger partial charge in [0.1, 0.15) is 0 Å². The van der Waals surface area contributed by atoms with Crippen molar-refractivity contribution in [3.8, 4) is 0 Å². The summed E-state index contributed by atoms with van der Waals surface area (Å²) in [6.07, 6.45) is 8.35. The lowest BCUT2D eigenvalue weighted by Gasteiger charge is -2.30. The monoisotopic (exact) mass is 295 g/mol. The van der Waals surface area contributed by atoms with Crippen molar-refractivity contribution < 1.29 is 4.79 Å². The van der Waals surface area contributed by atoms with Gasteiger partial charge in [-0.3, -0.25) is 4.79 Å². The quantitative estimate of drug-likeness (QED) is 0.756. The van der Waals surface area contributed by atoms with Crippen LogP contribution >= 0.6 is 0 Å². The number of carbonyl (C=O) groups is 1. The topological polar surface area (TPSA) is 58.4 Å². The van der Waals surface area contributed by atoms with Crippen LogP contribution in [0.4, 0.5) is 0 Å². The fourth-order valence-corrected chi connectivity index (χ4v) is 3.97. The fourth-order valence-electron chi connectivity index (χ4n) is 3.97. The van der Waals surface area contributed by atoms with Crippen molar-refractivity contribution in [1.82, 2.24) is 10.2 Å². The number of amides is 1. The van der Waals surface area contributed by atoms with Crippen molar-refractivity contribution >= 4 is 5.91 Å². The lowest BCUT2D eigenvalue weighted by Crippen LogP contribution is -2.49. The molecule has 0 aromatic carbocycles. The van der Waals surface area contributed by atoms with Crippen LogP contribution in [0, 0.1) is 11.3 Å². The normalized spacial score (nSPS) is 24.6. The summed E-state index contributed by atoms with van der Waals surface area (Å²) >= 11 is 0. The Labute approximate surface area is 129 Å². The summed E-state index contributed by atoms with van der Waals surface area (Å²) in [6, 6.07) is 0.322. The van der Waals surface area contributed by atoms with E-state index in [0.717, 1.165) is 38.3 Å². The molecule has 1 heterocycles. The standard InChI is InChI=1S/C17H33N3O/c1-3-17(4-2,13-18)16(21)19-15-9-10-20(12-15)11-14-7-5-6-8-14/h14-15H,3-13,18H2,1-2H3,(H,19,21). The summed E-state index contributed by atoms with van der Waals surface area (Å²) in [6.45, 7) is 7.97. The molecule has 0 spiro atoms. The molecule has 0 aromatic heterocycles. The summed E-state index contributed by atoms with van der Waals surface area (Å²) in [4.78, 5) is 15.1. The minimum absolute atomic E-state index is 0.169. The van der Waals surface area contributed by atoms with Gasteiger partial charge in [-0.05, 0) is 38.0 Å². The highest BCUT2D eigenvalue weighted by Gasteiger charge is 2.36. The van der Waals surface area contributed by atoms with Gasteiger partial charge in [0.15, 0.2) is 0 Å². The Hall–Kier alpha value is -0.610. The number of hydrogen-bond acceptors (Lipinski definition) is 3. The molecule has 122 valence electrons. The molecule has 21 heavy (non-hydrogen) atoms. The van der Waals surface area contributed by atoms with E-state index in [2.05, 4.69) is 24.1 Å². The SMILES string of the molecule is CCC(CC)(CN)C(=O)NC1CCN(CC2CCCC2)C1. The molecular weight excluding hydrogens is 262 g/mol. The Morgan fingerprint density at radius 3 is 2.48 bits per heavy atom. The molecule has 2 rings (SSSR count). The van der Waals surface area contributed by atoms with Crippen LogP contribution in [0.5, 0.6) is 0 Å². The van der Waals surface area contributed by atoms with Crippen LogP contribution in [0.3, 0.4) is 0 Å². The van der Waals surface area contributed by atoms with Crippen molar-refractivity contribution in [2.24, 2.45) is 17.1 Å². The smallest absolute Gasteiger partial charge is 0.227 e. The van der Waals surface area contributed by atoms with E-state index in [1.165, 1.54) is 32.2 Å². The molecule has 4 nitrogen and oxygen atoms in total. The molecule has 1 aliphatic heterocycles. The van der Waals surface area contributed by atoms with Gasteiger partial charge in [0, 0.05) is 32.2 Å². The van der Waals surface area contributed by atoms with E-state index in [1.54, 1.807) is 0 Å². The van der Waals surface area contributed by atoms with Crippen LogP contribution in [0.1, 0.15) is 58.8 Å². The average molecular weight is 295 g/mol. The third-order valence-electron chi connectivity index (χ3n) is 5.82. The second-order valence-corrected chi connectivity index (χ2v) is 7.06. The van der Waals surface area contributed by atoms with E-state index < -0.39 is 0 Å². The molecule has 1 saturated heterocycles. The molecule has 1 unspecified atom stereocenters. The van der Waals surface area contributed by atoms with Crippen molar-refractivity contribution in [2.75, 3.05) is 26.2 Å². The Kier molecular flexibility index (Phi) is 6.06. The molecule has 1 amide bonds. The van der Waals surface area contributed by atoms with Gasteiger partial charge in [-0.2, -0.15) is 0 Å². The molecular formula is C17H33N3O. The fraction of sp³-hybridized carbons (Fsp3) is 0.941. The highest BCUT2D eigenvalue weighted by atomic mass is 16.2. The van der Waals surface area contributed by atoms with Crippen molar-refractivity contribution in [1.29, 1.82) is 0 Å². The zero-order valence-corrected chi connectivity index (χ0v) is 13.9. The number of nitrogens with two attached hydrogens (primary N) is 1. The molecule has 3 N–H and O–H groups in total. The number of rotatable bonds is 7. The zero-order valence-electron chi connectivity index (χ0n) is 13.9. The Morgan fingerprint density at radius 1 is 1.24 bits per heavy atom. The van der Waals surface area contributed by atoms with Crippen LogP contribution in [0.15, 0.2) is 0 Å². The van der Waals surface area contributed by atoms with Gasteiger partial charge >= 0.3 is 0 Å². The summed E-state index contributed by atoms with van der Waals surface area (Å²) in [5.41, 5.74) is 5.51. The third-order valence-corrected chi connectivity index (χ3v) is 5.82. The highest BCUT2D eigenvalue weighted by Crippen LogP contribution is 2.28. The molecule has 0 aromatic rings. The van der Waals surface area contributed by atoms with Crippen molar-refractivity contribution in [3.63, 3.8) is 0 Å². The van der Waals surface area contributed by atoms with Gasteiger partial charge in [0.2, 0.25) is 5.91 Å². The average Bonchev–Trinajstić information content (AvgIpc) is 3.14. The molecule has 2 fully saturated rings. The molecule has 1 saturated carbocycles. The van der Waals surface area contributed by atoms with Crippen LogP contribution in [0.25, 0.3) is 0 Å². The first kappa shape index (κ1) is 16.8. The molecule has 1 aliphatic carbocycles. The van der Waals surface area contributed by atoms with Gasteiger partial charge in [-0.25, -0.2) is 0 Å².